The Kier molecular flexibility index (Phi) is 5.99. The Morgan fingerprint density at radius 2 is 1.22 bits per heavy atom. The van der Waals surface area contributed by atoms with Crippen LogP contribution in [0.1, 0.15) is 12.1 Å². The van der Waals surface area contributed by atoms with Gasteiger partial charge in [0.05, 0.1) is 46.8 Å². The molecule has 0 saturated heterocycles. The van der Waals surface area contributed by atoms with E-state index in [0.717, 1.165) is 35.2 Å². The highest BCUT2D eigenvalue weighted by atomic mass is 16.5. The van der Waals surface area contributed by atoms with Crippen molar-refractivity contribution in [3.05, 3.63) is 52.4 Å². The molecule has 1 aliphatic heterocycles. The highest BCUT2D eigenvalue weighted by molar-refractivity contribution is 5.89. The highest BCUT2D eigenvalue weighted by Gasteiger charge is 2.28. The minimum atomic E-state index is -0.0599. The third-order valence-electron chi connectivity index (χ3n) is 5.87. The molecule has 32 heavy (non-hydrogen) atoms. The molecule has 3 aromatic rings. The van der Waals surface area contributed by atoms with Crippen molar-refractivity contribution in [1.82, 2.24) is 4.57 Å². The van der Waals surface area contributed by atoms with Crippen LogP contribution in [0, 0.1) is 0 Å². The van der Waals surface area contributed by atoms with Gasteiger partial charge in [-0.25, -0.2) is 0 Å². The summed E-state index contributed by atoms with van der Waals surface area (Å²) in [7, 11) is 7.98. The first kappa shape index (κ1) is 21.6. The number of hydrogen-bond acceptors (Lipinski definition) is 6. The lowest BCUT2D eigenvalue weighted by atomic mass is 9.93. The molecule has 0 aliphatic carbocycles. The van der Waals surface area contributed by atoms with Gasteiger partial charge in [-0.3, -0.25) is 4.79 Å². The van der Waals surface area contributed by atoms with Crippen LogP contribution in [-0.4, -0.2) is 40.1 Å². The van der Waals surface area contributed by atoms with Gasteiger partial charge < -0.3 is 28.3 Å². The van der Waals surface area contributed by atoms with E-state index in [2.05, 4.69) is 0 Å². The molecule has 0 atom stereocenters. The lowest BCUT2D eigenvalue weighted by molar-refractivity contribution is 0.355. The van der Waals surface area contributed by atoms with E-state index in [-0.39, 0.29) is 5.56 Å². The number of aromatic nitrogens is 1. The van der Waals surface area contributed by atoms with Crippen molar-refractivity contribution in [3.8, 4) is 51.0 Å². The van der Waals surface area contributed by atoms with Crippen molar-refractivity contribution in [1.29, 1.82) is 0 Å². The maximum atomic E-state index is 13.7. The Bertz CT molecular complexity index is 1210. The van der Waals surface area contributed by atoms with Crippen LogP contribution in [0.15, 0.2) is 41.2 Å². The number of hydrogen-bond donors (Lipinski definition) is 0. The topological polar surface area (TPSA) is 68.2 Å². The molecule has 0 radical (unpaired) electrons. The van der Waals surface area contributed by atoms with Crippen LogP contribution in [0.4, 0.5) is 0 Å². The van der Waals surface area contributed by atoms with E-state index in [1.165, 1.54) is 0 Å². The average Bonchev–Trinajstić information content (AvgIpc) is 3.33. The Labute approximate surface area is 187 Å². The van der Waals surface area contributed by atoms with Gasteiger partial charge in [-0.2, -0.15) is 0 Å². The number of pyridine rings is 1. The molecule has 2 aromatic carbocycles. The molecule has 1 aliphatic rings. The molecule has 1 aromatic heterocycles. The highest BCUT2D eigenvalue weighted by Crippen LogP contribution is 2.44. The Hall–Kier alpha value is -3.61. The van der Waals surface area contributed by atoms with Gasteiger partial charge >= 0.3 is 0 Å². The zero-order valence-corrected chi connectivity index (χ0v) is 19.0. The molecule has 0 unspecified atom stereocenters. The first-order valence-electron chi connectivity index (χ1n) is 10.4. The summed E-state index contributed by atoms with van der Waals surface area (Å²) >= 11 is 0. The largest absolute Gasteiger partial charge is 0.494 e. The monoisotopic (exact) mass is 437 g/mol. The van der Waals surface area contributed by atoms with Crippen molar-refractivity contribution in [2.45, 2.75) is 19.4 Å². The normalized spacial score (nSPS) is 12.3. The van der Waals surface area contributed by atoms with Gasteiger partial charge in [0.15, 0.2) is 23.0 Å². The minimum Gasteiger partial charge on any atom is -0.494 e. The molecule has 2 heterocycles. The first-order chi connectivity index (χ1) is 15.6. The molecular formula is C25H27NO6. The van der Waals surface area contributed by atoms with Crippen LogP contribution >= 0.6 is 0 Å². The third-order valence-corrected chi connectivity index (χ3v) is 5.87. The zero-order chi connectivity index (χ0) is 22.8. The quantitative estimate of drug-likeness (QED) is 0.553. The minimum absolute atomic E-state index is 0.0599. The number of methoxy groups -OCH3 is 5. The summed E-state index contributed by atoms with van der Waals surface area (Å²) in [4.78, 5) is 13.7. The second-order valence-corrected chi connectivity index (χ2v) is 7.43. The van der Waals surface area contributed by atoms with Gasteiger partial charge in [0.1, 0.15) is 5.75 Å². The van der Waals surface area contributed by atoms with Crippen LogP contribution in [0.25, 0.3) is 22.3 Å². The second kappa shape index (κ2) is 8.86. The maximum absolute atomic E-state index is 13.7. The fourth-order valence-corrected chi connectivity index (χ4v) is 4.38. The van der Waals surface area contributed by atoms with Gasteiger partial charge in [0.25, 0.3) is 5.56 Å². The van der Waals surface area contributed by atoms with Gasteiger partial charge in [0, 0.05) is 12.1 Å². The van der Waals surface area contributed by atoms with E-state index < -0.39 is 0 Å². The van der Waals surface area contributed by atoms with Crippen molar-refractivity contribution >= 4 is 0 Å². The molecule has 4 rings (SSSR count). The molecule has 168 valence electrons. The van der Waals surface area contributed by atoms with Crippen molar-refractivity contribution in [2.75, 3.05) is 35.5 Å². The summed E-state index contributed by atoms with van der Waals surface area (Å²) in [6, 6.07) is 11.1. The smallest absolute Gasteiger partial charge is 0.259 e. The molecule has 0 amide bonds. The Balaban J connectivity index is 2.08. The fraction of sp³-hybridized carbons (Fsp3) is 0.320. The maximum Gasteiger partial charge on any atom is 0.259 e. The predicted octanol–water partition coefficient (Wildman–Crippen LogP) is 4.17. The molecule has 7 heteroatoms. The molecule has 0 fully saturated rings. The van der Waals surface area contributed by atoms with Gasteiger partial charge in [-0.1, -0.05) is 12.1 Å². The summed E-state index contributed by atoms with van der Waals surface area (Å²) in [5.41, 5.74) is 3.64. The number of ether oxygens (including phenoxy) is 5. The van der Waals surface area contributed by atoms with E-state index in [1.54, 1.807) is 41.6 Å². The fourth-order valence-electron chi connectivity index (χ4n) is 4.38. The molecule has 7 nitrogen and oxygen atoms in total. The summed E-state index contributed by atoms with van der Waals surface area (Å²) < 4.78 is 29.5. The van der Waals surface area contributed by atoms with E-state index in [1.807, 2.05) is 34.9 Å². The van der Waals surface area contributed by atoms with Crippen LogP contribution in [0.5, 0.6) is 28.7 Å². The summed E-state index contributed by atoms with van der Waals surface area (Å²) in [5.74, 6) is 3.02. The molecule has 0 bridgehead atoms. The number of nitrogens with zero attached hydrogens (tertiary/aromatic N) is 1. The van der Waals surface area contributed by atoms with E-state index in [4.69, 9.17) is 23.7 Å². The second-order valence-electron chi connectivity index (χ2n) is 7.43. The Morgan fingerprint density at radius 3 is 1.72 bits per heavy atom. The SMILES string of the molecule is COc1ccc(-c2c(OC)c3n(c(=O)c2-c2ccc(OC)c(OC)c2)CCC3)cc1OC. The molecule has 0 spiro atoms. The van der Waals surface area contributed by atoms with E-state index >= 15 is 0 Å². The van der Waals surface area contributed by atoms with Gasteiger partial charge in [-0.15, -0.1) is 0 Å². The Morgan fingerprint density at radius 1 is 0.688 bits per heavy atom. The number of benzene rings is 2. The standard InChI is InChI=1S/C25H27NO6/c1-28-18-10-8-15(13-20(18)30-3)22-23(16-9-11-19(29-2)21(14-16)31-4)25(27)26-12-6-7-17(26)24(22)32-5/h8-11,13-14H,6-7,12H2,1-5H3. The average molecular weight is 437 g/mol. The summed E-state index contributed by atoms with van der Waals surface area (Å²) in [6.45, 7) is 0.664. The third kappa shape index (κ3) is 3.43. The lowest BCUT2D eigenvalue weighted by Crippen LogP contribution is -2.23. The van der Waals surface area contributed by atoms with Gasteiger partial charge in [0.2, 0.25) is 0 Å². The summed E-state index contributed by atoms with van der Waals surface area (Å²) in [5, 5.41) is 0. The zero-order valence-electron chi connectivity index (χ0n) is 19.0. The van der Waals surface area contributed by atoms with Crippen LogP contribution in [-0.2, 0) is 13.0 Å². The van der Waals surface area contributed by atoms with E-state index in [0.29, 0.717) is 40.9 Å². The van der Waals surface area contributed by atoms with Crippen LogP contribution in [0.3, 0.4) is 0 Å². The van der Waals surface area contributed by atoms with Crippen molar-refractivity contribution in [2.24, 2.45) is 0 Å². The lowest BCUT2D eigenvalue weighted by Gasteiger charge is -2.20. The predicted molar refractivity (Wildman–Crippen MR) is 123 cm³/mol. The number of rotatable bonds is 7. The van der Waals surface area contributed by atoms with Crippen LogP contribution in [0.2, 0.25) is 0 Å². The molecule has 0 N–H and O–H groups in total. The first-order valence-corrected chi connectivity index (χ1v) is 10.4. The van der Waals surface area contributed by atoms with E-state index in [9.17, 15) is 4.79 Å². The van der Waals surface area contributed by atoms with Crippen LogP contribution < -0.4 is 29.2 Å². The number of fused-ring (bicyclic) bond motifs is 1. The van der Waals surface area contributed by atoms with Gasteiger partial charge in [-0.05, 0) is 48.2 Å². The van der Waals surface area contributed by atoms with Crippen molar-refractivity contribution in [3.63, 3.8) is 0 Å². The summed E-state index contributed by atoms with van der Waals surface area (Å²) in [6.07, 6.45) is 1.68. The molecule has 0 saturated carbocycles. The molecular weight excluding hydrogens is 410 g/mol. The van der Waals surface area contributed by atoms with Crippen molar-refractivity contribution < 1.29 is 23.7 Å².